The van der Waals surface area contributed by atoms with Gasteiger partial charge >= 0.3 is 12.1 Å². The molecule has 0 aliphatic heterocycles. The van der Waals surface area contributed by atoms with Gasteiger partial charge in [0.1, 0.15) is 5.76 Å². The highest BCUT2D eigenvalue weighted by Crippen LogP contribution is 2.34. The Balaban J connectivity index is 1.89. The van der Waals surface area contributed by atoms with Crippen molar-refractivity contribution in [1.29, 1.82) is 0 Å². The highest BCUT2D eigenvalue weighted by Gasteiger charge is 2.33. The summed E-state index contributed by atoms with van der Waals surface area (Å²) in [5.41, 5.74) is -1.39. The summed E-state index contributed by atoms with van der Waals surface area (Å²) in [7, 11) is 0. The Morgan fingerprint density at radius 3 is 2.58 bits per heavy atom. The number of hydrogen-bond acceptors (Lipinski definition) is 4. The zero-order valence-corrected chi connectivity index (χ0v) is 12.2. The van der Waals surface area contributed by atoms with Crippen LogP contribution in [0.4, 0.5) is 18.9 Å². The molecule has 1 heterocycles. The van der Waals surface area contributed by atoms with Crippen molar-refractivity contribution in [2.24, 2.45) is 0 Å². The van der Waals surface area contributed by atoms with E-state index in [4.69, 9.17) is 4.42 Å². The van der Waals surface area contributed by atoms with Crippen molar-refractivity contribution in [1.82, 2.24) is 0 Å². The van der Waals surface area contributed by atoms with Crippen LogP contribution in [0.25, 0.3) is 6.08 Å². The average molecular weight is 339 g/mol. The van der Waals surface area contributed by atoms with Gasteiger partial charge in [-0.3, -0.25) is 4.79 Å². The number of nitrogens with one attached hydrogen (secondary N) is 1. The number of amides is 1. The third-order valence-corrected chi connectivity index (χ3v) is 2.78. The summed E-state index contributed by atoms with van der Waals surface area (Å²) in [5, 5.41) is 2.06. The summed E-state index contributed by atoms with van der Waals surface area (Å²) in [5.74, 6) is -1.30. The first-order chi connectivity index (χ1) is 11.4. The second-order valence-electron chi connectivity index (χ2n) is 4.55. The Bertz CT molecular complexity index is 736. The topological polar surface area (TPSA) is 68.5 Å². The molecular formula is C16H12F3NO4. The Morgan fingerprint density at radius 2 is 1.92 bits per heavy atom. The molecular weight excluding hydrogens is 327 g/mol. The smallest absolute Gasteiger partial charge is 0.418 e. The highest BCUT2D eigenvalue weighted by molar-refractivity contribution is 5.95. The molecule has 2 rings (SSSR count). The van der Waals surface area contributed by atoms with Gasteiger partial charge in [-0.1, -0.05) is 12.1 Å². The summed E-state index contributed by atoms with van der Waals surface area (Å²) in [6.45, 7) is -0.715. The number of carbonyl (C=O) groups is 2. The molecule has 2 aromatic rings. The van der Waals surface area contributed by atoms with E-state index in [9.17, 15) is 22.8 Å². The standard InChI is InChI=1S/C16H12F3NO4/c17-16(18,19)12-5-1-2-6-13(12)20-14(21)10-24-15(22)8-7-11-4-3-9-23-11/h1-9H,10H2,(H,20,21). The maximum Gasteiger partial charge on any atom is 0.418 e. The summed E-state index contributed by atoms with van der Waals surface area (Å²) in [6.07, 6.45) is -0.822. The number of ether oxygens (including phenoxy) is 1. The molecule has 126 valence electrons. The highest BCUT2D eigenvalue weighted by atomic mass is 19.4. The molecule has 0 radical (unpaired) electrons. The van der Waals surface area contributed by atoms with E-state index >= 15 is 0 Å². The Hall–Kier alpha value is -3.03. The monoisotopic (exact) mass is 339 g/mol. The van der Waals surface area contributed by atoms with Gasteiger partial charge in [0.05, 0.1) is 17.5 Å². The number of alkyl halides is 3. The van der Waals surface area contributed by atoms with Crippen LogP contribution in [0.5, 0.6) is 0 Å². The molecule has 0 aliphatic carbocycles. The van der Waals surface area contributed by atoms with Crippen LogP contribution in [0.15, 0.2) is 53.2 Å². The van der Waals surface area contributed by atoms with E-state index in [1.807, 2.05) is 0 Å². The summed E-state index contributed by atoms with van der Waals surface area (Å²) >= 11 is 0. The van der Waals surface area contributed by atoms with Crippen molar-refractivity contribution in [3.8, 4) is 0 Å². The first-order valence-electron chi connectivity index (χ1n) is 6.70. The third-order valence-electron chi connectivity index (χ3n) is 2.78. The zero-order valence-electron chi connectivity index (χ0n) is 12.2. The molecule has 0 atom stereocenters. The largest absolute Gasteiger partial charge is 0.465 e. The lowest BCUT2D eigenvalue weighted by atomic mass is 10.1. The second kappa shape index (κ2) is 7.49. The second-order valence-corrected chi connectivity index (χ2v) is 4.55. The molecule has 5 nitrogen and oxygen atoms in total. The lowest BCUT2D eigenvalue weighted by Gasteiger charge is -2.13. The van der Waals surface area contributed by atoms with Gasteiger partial charge in [-0.15, -0.1) is 0 Å². The minimum Gasteiger partial charge on any atom is -0.465 e. The molecule has 1 N–H and O–H groups in total. The Morgan fingerprint density at radius 1 is 1.17 bits per heavy atom. The van der Waals surface area contributed by atoms with Crippen LogP contribution in [-0.2, 0) is 20.5 Å². The molecule has 0 saturated carbocycles. The number of benzene rings is 1. The molecule has 0 aliphatic rings. The van der Waals surface area contributed by atoms with E-state index < -0.39 is 35.9 Å². The molecule has 8 heteroatoms. The van der Waals surface area contributed by atoms with E-state index in [1.54, 1.807) is 12.1 Å². The van der Waals surface area contributed by atoms with Crippen molar-refractivity contribution < 1.29 is 31.9 Å². The predicted octanol–water partition coefficient (Wildman–Crippen LogP) is 3.49. The lowest BCUT2D eigenvalue weighted by Crippen LogP contribution is -2.22. The van der Waals surface area contributed by atoms with E-state index in [2.05, 4.69) is 10.1 Å². The molecule has 24 heavy (non-hydrogen) atoms. The van der Waals surface area contributed by atoms with Crippen LogP contribution < -0.4 is 5.32 Å². The normalized spacial score (nSPS) is 11.5. The van der Waals surface area contributed by atoms with Crippen molar-refractivity contribution >= 4 is 23.6 Å². The number of furan rings is 1. The van der Waals surface area contributed by atoms with Crippen LogP contribution in [-0.4, -0.2) is 18.5 Å². The Labute approximate surface area is 134 Å². The van der Waals surface area contributed by atoms with Crippen LogP contribution >= 0.6 is 0 Å². The maximum atomic E-state index is 12.8. The number of hydrogen-bond donors (Lipinski definition) is 1. The van der Waals surface area contributed by atoms with Gasteiger partial charge in [-0.25, -0.2) is 4.79 Å². The minimum atomic E-state index is -4.60. The van der Waals surface area contributed by atoms with Crippen molar-refractivity contribution in [3.05, 3.63) is 60.1 Å². The van der Waals surface area contributed by atoms with E-state index in [0.717, 1.165) is 18.2 Å². The van der Waals surface area contributed by atoms with Crippen LogP contribution in [0, 0.1) is 0 Å². The lowest BCUT2D eigenvalue weighted by molar-refractivity contribution is -0.142. The number of para-hydroxylation sites is 1. The molecule has 0 bridgehead atoms. The van der Waals surface area contributed by atoms with Gasteiger partial charge in [0, 0.05) is 6.08 Å². The number of rotatable bonds is 5. The van der Waals surface area contributed by atoms with Gasteiger partial charge in [0.25, 0.3) is 5.91 Å². The summed E-state index contributed by atoms with van der Waals surface area (Å²) in [4.78, 5) is 23.0. The number of anilines is 1. The van der Waals surface area contributed by atoms with Gasteiger partial charge in [-0.2, -0.15) is 13.2 Å². The SMILES string of the molecule is O=C(COC(=O)C=Cc1ccco1)Nc1ccccc1C(F)(F)F. The van der Waals surface area contributed by atoms with E-state index in [-0.39, 0.29) is 0 Å². The third kappa shape index (κ3) is 5.01. The van der Waals surface area contributed by atoms with Crippen molar-refractivity contribution in [2.75, 3.05) is 11.9 Å². The predicted molar refractivity (Wildman–Crippen MR) is 78.8 cm³/mol. The molecule has 1 amide bonds. The molecule has 0 saturated heterocycles. The van der Waals surface area contributed by atoms with Gasteiger partial charge in [0.15, 0.2) is 6.61 Å². The number of esters is 1. The molecule has 1 aromatic carbocycles. The van der Waals surface area contributed by atoms with Gasteiger partial charge in [-0.05, 0) is 30.3 Å². The fourth-order valence-electron chi connectivity index (χ4n) is 1.75. The van der Waals surface area contributed by atoms with Crippen molar-refractivity contribution in [2.45, 2.75) is 6.18 Å². The van der Waals surface area contributed by atoms with Crippen LogP contribution in [0.1, 0.15) is 11.3 Å². The van der Waals surface area contributed by atoms with Gasteiger partial charge in [0.2, 0.25) is 0 Å². The first-order valence-corrected chi connectivity index (χ1v) is 6.70. The van der Waals surface area contributed by atoms with Crippen molar-refractivity contribution in [3.63, 3.8) is 0 Å². The Kier molecular flexibility index (Phi) is 5.41. The minimum absolute atomic E-state index is 0.405. The fraction of sp³-hybridized carbons (Fsp3) is 0.125. The maximum absolute atomic E-state index is 12.8. The number of halogens is 3. The van der Waals surface area contributed by atoms with Crippen LogP contribution in [0.3, 0.4) is 0 Å². The van der Waals surface area contributed by atoms with Crippen LogP contribution in [0.2, 0.25) is 0 Å². The molecule has 1 aromatic heterocycles. The summed E-state index contributed by atoms with van der Waals surface area (Å²) < 4.78 is 48.0. The van der Waals surface area contributed by atoms with E-state index in [1.165, 1.54) is 24.5 Å². The molecule has 0 spiro atoms. The molecule has 0 unspecified atom stereocenters. The quantitative estimate of drug-likeness (QED) is 0.669. The first kappa shape index (κ1) is 17.3. The number of carbonyl (C=O) groups excluding carboxylic acids is 2. The average Bonchev–Trinajstić information content (AvgIpc) is 3.04. The van der Waals surface area contributed by atoms with E-state index in [0.29, 0.717) is 5.76 Å². The zero-order chi connectivity index (χ0) is 17.6. The van der Waals surface area contributed by atoms with Gasteiger partial charge < -0.3 is 14.5 Å². The summed E-state index contributed by atoms with van der Waals surface area (Å²) in [6, 6.07) is 7.73. The fourth-order valence-corrected chi connectivity index (χ4v) is 1.75. The molecule has 0 fully saturated rings.